The molecule has 8 nitrogen and oxygen atoms in total. The van der Waals surface area contributed by atoms with E-state index in [4.69, 9.17) is 0 Å². The van der Waals surface area contributed by atoms with E-state index in [2.05, 4.69) is 45.7 Å². The molecule has 2 aliphatic heterocycles. The van der Waals surface area contributed by atoms with E-state index in [-0.39, 0.29) is 12.6 Å². The van der Waals surface area contributed by atoms with Gasteiger partial charge in [-0.15, -0.1) is 0 Å². The lowest BCUT2D eigenvalue weighted by Crippen LogP contribution is -2.45. The maximum atomic E-state index is 13.7. The number of anilines is 2. The predicted octanol–water partition coefficient (Wildman–Crippen LogP) is 5.45. The number of aromatic amines is 1. The topological polar surface area (TPSA) is 77.1 Å². The average molecular weight is 641 g/mol. The zero-order chi connectivity index (χ0) is 29.1. The number of piperazine rings is 1. The number of nitrogens with zero attached hydrogens (tertiary/aromatic N) is 7. The van der Waals surface area contributed by atoms with Crippen molar-refractivity contribution < 1.29 is 26.3 Å². The smallest absolute Gasteiger partial charge is 0.356 e. The predicted molar refractivity (Wildman–Crippen MR) is 143 cm³/mol. The molecule has 0 spiro atoms. The first-order valence-electron chi connectivity index (χ1n) is 12.7. The van der Waals surface area contributed by atoms with E-state index in [0.29, 0.717) is 23.6 Å². The minimum Gasteiger partial charge on any atom is -0.356 e. The number of hydrogen-bond acceptors (Lipinski definition) is 7. The molecule has 0 radical (unpaired) electrons. The summed E-state index contributed by atoms with van der Waals surface area (Å²) in [6.45, 7) is 3.19. The summed E-state index contributed by atoms with van der Waals surface area (Å²) in [5.74, 6) is -0.175. The summed E-state index contributed by atoms with van der Waals surface area (Å²) < 4.78 is 82.9. The number of likely N-dealkylation sites (N-methyl/N-ethyl adjacent to an activating group) is 1. The molecule has 1 atom stereocenters. The molecule has 5 heterocycles. The van der Waals surface area contributed by atoms with Crippen molar-refractivity contribution in [3.63, 3.8) is 0 Å². The third-order valence-corrected chi connectivity index (χ3v) is 7.89. The summed E-state index contributed by atoms with van der Waals surface area (Å²) in [5.41, 5.74) is -0.572. The van der Waals surface area contributed by atoms with Gasteiger partial charge in [0.25, 0.3) is 0 Å². The van der Waals surface area contributed by atoms with Crippen molar-refractivity contribution in [3.05, 3.63) is 69.3 Å². The Kier molecular flexibility index (Phi) is 6.83. The molecular weight excluding hydrogens is 618 g/mol. The Morgan fingerprint density at radius 1 is 0.854 bits per heavy atom. The van der Waals surface area contributed by atoms with Crippen molar-refractivity contribution in [1.82, 2.24) is 29.8 Å². The summed E-state index contributed by atoms with van der Waals surface area (Å²) in [5, 5.41) is 0.898. The van der Waals surface area contributed by atoms with Crippen LogP contribution in [0.5, 0.6) is 0 Å². The molecule has 0 amide bonds. The fourth-order valence-corrected chi connectivity index (χ4v) is 5.68. The van der Waals surface area contributed by atoms with Crippen molar-refractivity contribution in [2.24, 2.45) is 0 Å². The Morgan fingerprint density at radius 2 is 1.49 bits per heavy atom. The van der Waals surface area contributed by atoms with Crippen LogP contribution in [0, 0.1) is 0 Å². The summed E-state index contributed by atoms with van der Waals surface area (Å²) in [4.78, 5) is 25.1. The highest BCUT2D eigenvalue weighted by Crippen LogP contribution is 2.42. The molecule has 4 aromatic rings. The highest BCUT2D eigenvalue weighted by molar-refractivity contribution is 9.10. The van der Waals surface area contributed by atoms with Gasteiger partial charge in [-0.1, -0.05) is 15.9 Å². The minimum atomic E-state index is -5.10. The fraction of sp³-hybridized carbons (Fsp3) is 0.385. The first-order valence-corrected chi connectivity index (χ1v) is 13.5. The van der Waals surface area contributed by atoms with E-state index in [9.17, 15) is 26.3 Å². The monoisotopic (exact) mass is 640 g/mol. The number of halogens is 7. The molecule has 1 fully saturated rings. The largest absolute Gasteiger partial charge is 0.433 e. The van der Waals surface area contributed by atoms with Crippen LogP contribution in [0.2, 0.25) is 0 Å². The third kappa shape index (κ3) is 5.32. The third-order valence-electron chi connectivity index (χ3n) is 7.40. The van der Waals surface area contributed by atoms with Crippen molar-refractivity contribution in [3.8, 4) is 0 Å². The van der Waals surface area contributed by atoms with E-state index in [1.165, 1.54) is 4.90 Å². The standard InChI is InChI=1S/C26H23BrF6N8/c1-39-6-8-40(9-7-39)23-34-12-14(13-35-23)22-21-16(17-10-15(27)2-3-18(17)36-21)4-5-41(22)24-37-19(25(28,29)30)11-20(38-24)26(31,32)33/h2-3,10-13,22,36H,4-9H2,1H3/t22-/m0/s1. The van der Waals surface area contributed by atoms with Gasteiger partial charge in [-0.25, -0.2) is 19.9 Å². The summed E-state index contributed by atoms with van der Waals surface area (Å²) in [6.07, 6.45) is -6.74. The van der Waals surface area contributed by atoms with Crippen LogP contribution < -0.4 is 9.80 Å². The molecule has 1 N–H and O–H groups in total. The van der Waals surface area contributed by atoms with Crippen LogP contribution in [0.1, 0.15) is 34.3 Å². The number of alkyl halides is 6. The van der Waals surface area contributed by atoms with Crippen molar-refractivity contribution in [2.45, 2.75) is 24.8 Å². The molecule has 3 aromatic heterocycles. The van der Waals surface area contributed by atoms with Crippen LogP contribution in [0.3, 0.4) is 0 Å². The number of rotatable bonds is 3. The molecular formula is C26H23BrF6N8. The number of aromatic nitrogens is 5. The Hall–Kier alpha value is -3.46. The van der Waals surface area contributed by atoms with Crippen LogP contribution >= 0.6 is 15.9 Å². The second kappa shape index (κ2) is 10.1. The van der Waals surface area contributed by atoms with Gasteiger partial charge in [-0.3, -0.25) is 0 Å². The van der Waals surface area contributed by atoms with Crippen molar-refractivity contribution >= 4 is 38.7 Å². The first kappa shape index (κ1) is 27.7. The van der Waals surface area contributed by atoms with Gasteiger partial charge < -0.3 is 19.7 Å². The van der Waals surface area contributed by atoms with Gasteiger partial charge >= 0.3 is 12.4 Å². The second-order valence-electron chi connectivity index (χ2n) is 10.1. The maximum Gasteiger partial charge on any atom is 0.433 e. The molecule has 216 valence electrons. The van der Waals surface area contributed by atoms with E-state index < -0.39 is 35.7 Å². The van der Waals surface area contributed by atoms with E-state index in [1.54, 1.807) is 12.4 Å². The number of H-pyrrole nitrogens is 1. The van der Waals surface area contributed by atoms with Gasteiger partial charge in [0.1, 0.15) is 6.04 Å². The Labute approximate surface area is 238 Å². The molecule has 0 bridgehead atoms. The Morgan fingerprint density at radius 3 is 2.10 bits per heavy atom. The van der Waals surface area contributed by atoms with Crippen molar-refractivity contribution in [2.75, 3.05) is 49.6 Å². The highest BCUT2D eigenvalue weighted by atomic mass is 79.9. The lowest BCUT2D eigenvalue weighted by Gasteiger charge is -2.36. The number of hydrogen-bond donors (Lipinski definition) is 1. The van der Waals surface area contributed by atoms with E-state index in [0.717, 1.165) is 47.1 Å². The minimum absolute atomic E-state index is 0.0654. The van der Waals surface area contributed by atoms with Gasteiger partial charge in [-0.05, 0) is 43.3 Å². The van der Waals surface area contributed by atoms with E-state index in [1.807, 2.05) is 30.1 Å². The highest BCUT2D eigenvalue weighted by Gasteiger charge is 2.42. The molecule has 0 unspecified atom stereocenters. The maximum absolute atomic E-state index is 13.7. The van der Waals surface area contributed by atoms with Crippen LogP contribution in [-0.4, -0.2) is 69.6 Å². The fourth-order valence-electron chi connectivity index (χ4n) is 5.32. The SMILES string of the molecule is CN1CCN(c2ncc([C@H]3c4[nH]c5ccc(Br)cc5c4CCN3c3nc(C(F)(F)F)cc(C(F)(F)F)n3)cn2)CC1. The van der Waals surface area contributed by atoms with Crippen LogP contribution in [-0.2, 0) is 18.8 Å². The van der Waals surface area contributed by atoms with Gasteiger partial charge in [-0.2, -0.15) is 26.3 Å². The molecule has 15 heteroatoms. The lowest BCUT2D eigenvalue weighted by molar-refractivity contribution is -0.147. The van der Waals surface area contributed by atoms with Crippen LogP contribution in [0.4, 0.5) is 38.2 Å². The number of fused-ring (bicyclic) bond motifs is 3. The molecule has 1 aromatic carbocycles. The Balaban J connectivity index is 1.48. The molecule has 41 heavy (non-hydrogen) atoms. The quantitative estimate of drug-likeness (QED) is 0.298. The second-order valence-corrected chi connectivity index (χ2v) is 11.0. The zero-order valence-electron chi connectivity index (χ0n) is 21.6. The van der Waals surface area contributed by atoms with Gasteiger partial charge in [0.05, 0.1) is 0 Å². The summed E-state index contributed by atoms with van der Waals surface area (Å²) in [7, 11) is 2.02. The van der Waals surface area contributed by atoms with Gasteiger partial charge in [0.15, 0.2) is 11.4 Å². The summed E-state index contributed by atoms with van der Waals surface area (Å²) in [6, 6.07) is 4.69. The molecule has 2 aliphatic rings. The van der Waals surface area contributed by atoms with E-state index >= 15 is 0 Å². The molecule has 0 aliphatic carbocycles. The lowest BCUT2D eigenvalue weighted by atomic mass is 9.94. The van der Waals surface area contributed by atoms with Crippen LogP contribution in [0.25, 0.3) is 10.9 Å². The number of benzene rings is 1. The molecule has 1 saturated heterocycles. The average Bonchev–Trinajstić information content (AvgIpc) is 3.30. The van der Waals surface area contributed by atoms with Gasteiger partial charge in [0, 0.05) is 71.8 Å². The summed E-state index contributed by atoms with van der Waals surface area (Å²) >= 11 is 3.47. The molecule has 0 saturated carbocycles. The zero-order valence-corrected chi connectivity index (χ0v) is 23.1. The first-order chi connectivity index (χ1) is 19.4. The number of nitrogens with one attached hydrogen (secondary N) is 1. The normalized spacial score (nSPS) is 18.7. The molecule has 6 rings (SSSR count). The Bertz CT molecular complexity index is 1550. The van der Waals surface area contributed by atoms with Crippen molar-refractivity contribution in [1.29, 1.82) is 0 Å². The van der Waals surface area contributed by atoms with Gasteiger partial charge in [0.2, 0.25) is 11.9 Å². The van der Waals surface area contributed by atoms with Crippen LogP contribution in [0.15, 0.2) is 41.1 Å².